The summed E-state index contributed by atoms with van der Waals surface area (Å²) in [7, 11) is 0. The minimum absolute atomic E-state index is 0.0312. The maximum Gasteiger partial charge on any atom is 0.269 e. The van der Waals surface area contributed by atoms with Gasteiger partial charge >= 0.3 is 0 Å². The van der Waals surface area contributed by atoms with E-state index in [1.54, 1.807) is 6.07 Å². The third-order valence-electron chi connectivity index (χ3n) is 2.60. The van der Waals surface area contributed by atoms with E-state index in [0.717, 1.165) is 5.56 Å². The molecule has 1 atom stereocenters. The summed E-state index contributed by atoms with van der Waals surface area (Å²) >= 11 is 0. The summed E-state index contributed by atoms with van der Waals surface area (Å²) < 4.78 is 0. The molecule has 1 heterocycles. The Bertz CT molecular complexity index is 442. The summed E-state index contributed by atoms with van der Waals surface area (Å²) in [6, 6.07) is 4.46. The van der Waals surface area contributed by atoms with Crippen molar-refractivity contribution in [3.8, 4) is 0 Å². The molecule has 78 valence electrons. The number of rotatable bonds is 2. The lowest BCUT2D eigenvalue weighted by atomic mass is 9.98. The molecular formula is C10H10N2O3. The van der Waals surface area contributed by atoms with Crippen LogP contribution < -0.4 is 5.32 Å². The molecule has 1 aliphatic heterocycles. The maximum atomic E-state index is 11.5. The molecular weight excluding hydrogens is 196 g/mol. The van der Waals surface area contributed by atoms with Gasteiger partial charge in [0.05, 0.1) is 10.8 Å². The highest BCUT2D eigenvalue weighted by molar-refractivity contribution is 6.03. The van der Waals surface area contributed by atoms with Crippen LogP contribution in [0.5, 0.6) is 0 Å². The van der Waals surface area contributed by atoms with Crippen LogP contribution in [0.15, 0.2) is 18.2 Å². The number of carbonyl (C=O) groups is 1. The van der Waals surface area contributed by atoms with Crippen LogP contribution in [0.3, 0.4) is 0 Å². The molecule has 0 saturated carbocycles. The van der Waals surface area contributed by atoms with Gasteiger partial charge < -0.3 is 5.32 Å². The largest absolute Gasteiger partial charge is 0.325 e. The predicted molar refractivity (Wildman–Crippen MR) is 54.8 cm³/mol. The van der Waals surface area contributed by atoms with E-state index in [-0.39, 0.29) is 17.5 Å². The minimum Gasteiger partial charge on any atom is -0.325 e. The molecule has 0 radical (unpaired) electrons. The maximum absolute atomic E-state index is 11.5. The van der Waals surface area contributed by atoms with Gasteiger partial charge in [-0.25, -0.2) is 0 Å². The highest BCUT2D eigenvalue weighted by atomic mass is 16.6. The number of carbonyl (C=O) groups excluding carboxylic acids is 1. The Morgan fingerprint density at radius 3 is 2.87 bits per heavy atom. The summed E-state index contributed by atoms with van der Waals surface area (Å²) in [6.07, 6.45) is 0.653. The molecule has 5 nitrogen and oxygen atoms in total. The van der Waals surface area contributed by atoms with E-state index >= 15 is 0 Å². The number of amides is 1. The number of nitro groups is 1. The topological polar surface area (TPSA) is 72.2 Å². The lowest BCUT2D eigenvalue weighted by Gasteiger charge is -2.03. The Morgan fingerprint density at radius 1 is 1.53 bits per heavy atom. The second kappa shape index (κ2) is 3.34. The Morgan fingerprint density at radius 2 is 2.27 bits per heavy atom. The molecule has 0 aromatic heterocycles. The second-order valence-corrected chi connectivity index (χ2v) is 3.48. The SMILES string of the molecule is CC[C@H]1C(=O)Nc2ccc([N+](=O)[O-])cc21. The van der Waals surface area contributed by atoms with Crippen molar-refractivity contribution in [3.63, 3.8) is 0 Å². The number of non-ortho nitro benzene ring substituents is 1. The summed E-state index contributed by atoms with van der Waals surface area (Å²) in [5.74, 6) is -0.326. The van der Waals surface area contributed by atoms with Crippen LogP contribution >= 0.6 is 0 Å². The summed E-state index contributed by atoms with van der Waals surface area (Å²) in [6.45, 7) is 1.89. The van der Waals surface area contributed by atoms with Gasteiger partial charge in [-0.2, -0.15) is 0 Å². The zero-order valence-electron chi connectivity index (χ0n) is 8.19. The van der Waals surface area contributed by atoms with Crippen molar-refractivity contribution in [1.29, 1.82) is 0 Å². The first-order valence-corrected chi connectivity index (χ1v) is 4.72. The van der Waals surface area contributed by atoms with Crippen LogP contribution in [-0.4, -0.2) is 10.8 Å². The lowest BCUT2D eigenvalue weighted by molar-refractivity contribution is -0.384. The van der Waals surface area contributed by atoms with E-state index < -0.39 is 4.92 Å². The van der Waals surface area contributed by atoms with E-state index in [1.807, 2.05) is 6.92 Å². The third kappa shape index (κ3) is 1.45. The molecule has 1 aromatic carbocycles. The van der Waals surface area contributed by atoms with Gasteiger partial charge in [0.1, 0.15) is 0 Å². The quantitative estimate of drug-likeness (QED) is 0.594. The van der Waals surface area contributed by atoms with Gasteiger partial charge in [0.25, 0.3) is 5.69 Å². The standard InChI is InChI=1S/C10H10N2O3/c1-2-7-8-5-6(12(14)15)3-4-9(8)11-10(7)13/h3-5,7H,2H2,1H3,(H,11,13)/t7-/m1/s1. The molecule has 5 heteroatoms. The zero-order valence-corrected chi connectivity index (χ0v) is 8.19. The van der Waals surface area contributed by atoms with E-state index in [4.69, 9.17) is 0 Å². The Kier molecular flexibility index (Phi) is 2.15. The van der Waals surface area contributed by atoms with Crippen LogP contribution in [0.4, 0.5) is 11.4 Å². The number of hydrogen-bond donors (Lipinski definition) is 1. The number of nitrogens with zero attached hydrogens (tertiary/aromatic N) is 1. The summed E-state index contributed by atoms with van der Waals surface area (Å²) in [5.41, 5.74) is 1.46. The molecule has 1 N–H and O–H groups in total. The highest BCUT2D eigenvalue weighted by Gasteiger charge is 2.30. The van der Waals surface area contributed by atoms with Crippen molar-refractivity contribution in [3.05, 3.63) is 33.9 Å². The van der Waals surface area contributed by atoms with E-state index in [1.165, 1.54) is 12.1 Å². The number of benzene rings is 1. The molecule has 0 bridgehead atoms. The lowest BCUT2D eigenvalue weighted by Crippen LogP contribution is -2.10. The zero-order chi connectivity index (χ0) is 11.0. The number of anilines is 1. The van der Waals surface area contributed by atoms with Crippen molar-refractivity contribution in [1.82, 2.24) is 0 Å². The van der Waals surface area contributed by atoms with Crippen molar-refractivity contribution < 1.29 is 9.72 Å². The third-order valence-corrected chi connectivity index (χ3v) is 2.60. The van der Waals surface area contributed by atoms with Gasteiger partial charge in [0, 0.05) is 17.8 Å². The van der Waals surface area contributed by atoms with Gasteiger partial charge in [0.15, 0.2) is 0 Å². The van der Waals surface area contributed by atoms with Crippen LogP contribution in [0.25, 0.3) is 0 Å². The Balaban J connectivity index is 2.49. The molecule has 1 amide bonds. The van der Waals surface area contributed by atoms with Gasteiger partial charge in [-0.3, -0.25) is 14.9 Å². The molecule has 2 rings (SSSR count). The number of hydrogen-bond acceptors (Lipinski definition) is 3. The van der Waals surface area contributed by atoms with E-state index in [9.17, 15) is 14.9 Å². The molecule has 0 aliphatic carbocycles. The fraction of sp³-hybridized carbons (Fsp3) is 0.300. The summed E-state index contributed by atoms with van der Waals surface area (Å²) in [4.78, 5) is 21.6. The number of nitrogens with one attached hydrogen (secondary N) is 1. The number of fused-ring (bicyclic) bond motifs is 1. The molecule has 0 unspecified atom stereocenters. The van der Waals surface area contributed by atoms with Crippen LogP contribution in [0.2, 0.25) is 0 Å². The fourth-order valence-electron chi connectivity index (χ4n) is 1.83. The second-order valence-electron chi connectivity index (χ2n) is 3.48. The van der Waals surface area contributed by atoms with Crippen molar-refractivity contribution in [2.24, 2.45) is 0 Å². The first-order valence-electron chi connectivity index (χ1n) is 4.72. The Labute approximate surface area is 86.2 Å². The van der Waals surface area contributed by atoms with E-state index in [0.29, 0.717) is 12.1 Å². The van der Waals surface area contributed by atoms with Crippen LogP contribution in [-0.2, 0) is 4.79 Å². The van der Waals surface area contributed by atoms with Crippen LogP contribution in [0, 0.1) is 10.1 Å². The first-order chi connectivity index (χ1) is 7.13. The normalized spacial score (nSPS) is 18.5. The highest BCUT2D eigenvalue weighted by Crippen LogP contribution is 2.36. The van der Waals surface area contributed by atoms with Crippen molar-refractivity contribution >= 4 is 17.3 Å². The van der Waals surface area contributed by atoms with Crippen molar-refractivity contribution in [2.75, 3.05) is 5.32 Å². The molecule has 0 fully saturated rings. The van der Waals surface area contributed by atoms with Crippen LogP contribution in [0.1, 0.15) is 24.8 Å². The molecule has 0 saturated heterocycles. The van der Waals surface area contributed by atoms with Gasteiger partial charge in [-0.1, -0.05) is 6.92 Å². The predicted octanol–water partition coefficient (Wildman–Crippen LogP) is 2.04. The van der Waals surface area contributed by atoms with Crippen molar-refractivity contribution in [2.45, 2.75) is 19.3 Å². The smallest absolute Gasteiger partial charge is 0.269 e. The fourth-order valence-corrected chi connectivity index (χ4v) is 1.83. The molecule has 15 heavy (non-hydrogen) atoms. The average Bonchev–Trinajstić information content (AvgIpc) is 2.51. The van der Waals surface area contributed by atoms with Gasteiger partial charge in [0.2, 0.25) is 5.91 Å². The van der Waals surface area contributed by atoms with E-state index in [2.05, 4.69) is 5.32 Å². The Hall–Kier alpha value is -1.91. The average molecular weight is 206 g/mol. The molecule has 1 aromatic rings. The first kappa shape index (κ1) is 9.64. The summed E-state index contributed by atoms with van der Waals surface area (Å²) in [5, 5.41) is 13.3. The van der Waals surface area contributed by atoms with Gasteiger partial charge in [-0.05, 0) is 18.1 Å². The minimum atomic E-state index is -0.449. The molecule has 0 spiro atoms. The van der Waals surface area contributed by atoms with Gasteiger partial charge in [-0.15, -0.1) is 0 Å². The molecule has 1 aliphatic rings. The monoisotopic (exact) mass is 206 g/mol. The number of nitro benzene ring substituents is 1.